The number of carboxylic acid groups (broad SMARTS) is 1. The van der Waals surface area contributed by atoms with Crippen molar-refractivity contribution in [3.05, 3.63) is 30.1 Å². The minimum atomic E-state index is -1.39. The number of carbonyl (C=O) groups is 2. The van der Waals surface area contributed by atoms with Crippen molar-refractivity contribution in [2.75, 3.05) is 19.8 Å². The van der Waals surface area contributed by atoms with Gasteiger partial charge in [0.05, 0.1) is 13.2 Å². The van der Waals surface area contributed by atoms with Gasteiger partial charge in [0.2, 0.25) is 5.91 Å². The lowest BCUT2D eigenvalue weighted by Gasteiger charge is -2.35. The third-order valence-corrected chi connectivity index (χ3v) is 2.96. The van der Waals surface area contributed by atoms with Crippen molar-refractivity contribution < 1.29 is 19.4 Å². The van der Waals surface area contributed by atoms with Gasteiger partial charge in [-0.05, 0) is 18.1 Å². The Hall–Kier alpha value is -1.95. The summed E-state index contributed by atoms with van der Waals surface area (Å²) >= 11 is 0. The monoisotopic (exact) mass is 250 g/mol. The summed E-state index contributed by atoms with van der Waals surface area (Å²) in [5, 5.41) is 11.6. The number of aliphatic carboxylic acids is 1. The van der Waals surface area contributed by atoms with E-state index in [-0.39, 0.29) is 13.2 Å². The molecule has 2 rings (SSSR count). The van der Waals surface area contributed by atoms with Gasteiger partial charge >= 0.3 is 5.97 Å². The third-order valence-electron chi connectivity index (χ3n) is 2.96. The lowest BCUT2D eigenvalue weighted by atomic mass is 9.85. The molecule has 6 nitrogen and oxygen atoms in total. The first-order chi connectivity index (χ1) is 8.65. The van der Waals surface area contributed by atoms with E-state index in [1.54, 1.807) is 12.4 Å². The van der Waals surface area contributed by atoms with Crippen LogP contribution in [0.3, 0.4) is 0 Å². The molecule has 1 saturated heterocycles. The molecule has 0 aromatic carbocycles. The molecule has 1 aromatic rings. The summed E-state index contributed by atoms with van der Waals surface area (Å²) in [5.41, 5.74) is -0.401. The van der Waals surface area contributed by atoms with Crippen molar-refractivity contribution in [1.29, 1.82) is 0 Å². The van der Waals surface area contributed by atoms with Crippen molar-refractivity contribution >= 4 is 11.9 Å². The number of rotatable bonds is 5. The minimum Gasteiger partial charge on any atom is -0.480 e. The number of ether oxygens (including phenoxy) is 1. The second kappa shape index (κ2) is 5.14. The van der Waals surface area contributed by atoms with Crippen LogP contribution in [-0.4, -0.2) is 41.7 Å². The lowest BCUT2D eigenvalue weighted by molar-refractivity contribution is -0.185. The average molecular weight is 250 g/mol. The summed E-state index contributed by atoms with van der Waals surface area (Å²) in [7, 11) is 0. The first kappa shape index (κ1) is 12.5. The first-order valence-electron chi connectivity index (χ1n) is 5.63. The number of carboxylic acids is 1. The zero-order chi connectivity index (χ0) is 13.0. The van der Waals surface area contributed by atoms with Crippen molar-refractivity contribution in [3.8, 4) is 0 Å². The van der Waals surface area contributed by atoms with Gasteiger partial charge in [-0.15, -0.1) is 0 Å². The maximum Gasteiger partial charge on any atom is 0.324 e. The van der Waals surface area contributed by atoms with E-state index in [4.69, 9.17) is 9.84 Å². The highest BCUT2D eigenvalue weighted by Crippen LogP contribution is 2.27. The van der Waals surface area contributed by atoms with Gasteiger partial charge in [-0.1, -0.05) is 6.07 Å². The molecule has 96 valence electrons. The molecule has 0 bridgehead atoms. The summed E-state index contributed by atoms with van der Waals surface area (Å²) < 4.78 is 4.83. The maximum atomic E-state index is 11.8. The van der Waals surface area contributed by atoms with Gasteiger partial charge in [-0.2, -0.15) is 0 Å². The van der Waals surface area contributed by atoms with Crippen molar-refractivity contribution in [2.45, 2.75) is 6.42 Å². The fraction of sp³-hybridized carbons (Fsp3) is 0.417. The van der Waals surface area contributed by atoms with Crippen LogP contribution in [0.2, 0.25) is 0 Å². The topological polar surface area (TPSA) is 88.5 Å². The van der Waals surface area contributed by atoms with Gasteiger partial charge in [0.25, 0.3) is 0 Å². The highest BCUT2D eigenvalue weighted by atomic mass is 16.5. The molecule has 1 aliphatic rings. The van der Waals surface area contributed by atoms with Crippen molar-refractivity contribution in [3.63, 3.8) is 0 Å². The van der Waals surface area contributed by atoms with E-state index < -0.39 is 17.3 Å². The van der Waals surface area contributed by atoms with Gasteiger partial charge in [-0.25, -0.2) is 0 Å². The molecule has 2 N–H and O–H groups in total. The van der Waals surface area contributed by atoms with Crippen LogP contribution in [-0.2, 0) is 20.7 Å². The van der Waals surface area contributed by atoms with E-state index in [0.29, 0.717) is 13.0 Å². The molecule has 18 heavy (non-hydrogen) atoms. The van der Waals surface area contributed by atoms with E-state index >= 15 is 0 Å². The Kier molecular flexibility index (Phi) is 3.57. The molecule has 0 radical (unpaired) electrons. The van der Waals surface area contributed by atoms with Crippen LogP contribution >= 0.6 is 0 Å². The molecule has 1 aromatic heterocycles. The number of hydrogen-bond acceptors (Lipinski definition) is 4. The van der Waals surface area contributed by atoms with Crippen LogP contribution in [0.1, 0.15) is 5.56 Å². The summed E-state index contributed by atoms with van der Waals surface area (Å²) in [4.78, 5) is 26.8. The average Bonchev–Trinajstić information content (AvgIpc) is 2.28. The summed E-state index contributed by atoms with van der Waals surface area (Å²) in [6.45, 7) is 0.279. The Bertz CT molecular complexity index is 443. The number of nitrogens with one attached hydrogen (secondary N) is 1. The quantitative estimate of drug-likeness (QED) is 0.709. The molecule has 0 saturated carbocycles. The predicted octanol–water partition coefficient (Wildman–Crippen LogP) is -0.159. The van der Waals surface area contributed by atoms with E-state index in [9.17, 15) is 9.59 Å². The molecule has 0 aliphatic carbocycles. The second-order valence-electron chi connectivity index (χ2n) is 4.25. The van der Waals surface area contributed by atoms with E-state index in [1.165, 1.54) is 0 Å². The van der Waals surface area contributed by atoms with Crippen LogP contribution in [0.5, 0.6) is 0 Å². The van der Waals surface area contributed by atoms with Gasteiger partial charge < -0.3 is 15.2 Å². The van der Waals surface area contributed by atoms with Crippen molar-refractivity contribution in [1.82, 2.24) is 10.3 Å². The Labute approximate surface area is 104 Å². The van der Waals surface area contributed by atoms with Crippen LogP contribution in [0.15, 0.2) is 24.5 Å². The summed E-state index contributed by atoms with van der Waals surface area (Å²) in [5.74, 6) is -1.61. The predicted molar refractivity (Wildman–Crippen MR) is 61.8 cm³/mol. The van der Waals surface area contributed by atoms with E-state index in [1.807, 2.05) is 12.1 Å². The molecule has 0 spiro atoms. The highest BCUT2D eigenvalue weighted by molar-refractivity contribution is 6.03. The molecule has 0 unspecified atom stereocenters. The van der Waals surface area contributed by atoms with E-state index in [0.717, 1.165) is 5.56 Å². The zero-order valence-corrected chi connectivity index (χ0v) is 9.76. The molecule has 0 atom stereocenters. The fourth-order valence-electron chi connectivity index (χ4n) is 1.69. The molecule has 1 fully saturated rings. The third kappa shape index (κ3) is 2.33. The van der Waals surface area contributed by atoms with Crippen LogP contribution < -0.4 is 5.32 Å². The number of nitrogens with zero attached hydrogens (tertiary/aromatic N) is 1. The lowest BCUT2D eigenvalue weighted by Crippen LogP contribution is -2.59. The molecular weight excluding hydrogens is 236 g/mol. The first-order valence-corrected chi connectivity index (χ1v) is 5.63. The Morgan fingerprint density at radius 2 is 2.28 bits per heavy atom. The smallest absolute Gasteiger partial charge is 0.324 e. The molecule has 1 amide bonds. The molecule has 2 heterocycles. The van der Waals surface area contributed by atoms with Crippen LogP contribution in [0.25, 0.3) is 0 Å². The summed E-state index contributed by atoms with van der Waals surface area (Å²) in [6.07, 6.45) is 4.01. The molecule has 1 aliphatic heterocycles. The number of carbonyl (C=O) groups excluding carboxylic acids is 1. The Balaban J connectivity index is 1.84. The second-order valence-corrected chi connectivity index (χ2v) is 4.25. The Morgan fingerprint density at radius 1 is 1.50 bits per heavy atom. The van der Waals surface area contributed by atoms with E-state index in [2.05, 4.69) is 10.3 Å². The SMILES string of the molecule is O=C(O)C1(C(=O)NCCc2cccnc2)COC1. The summed E-state index contributed by atoms with van der Waals surface area (Å²) in [6, 6.07) is 3.72. The minimum absolute atomic E-state index is 0.0545. The van der Waals surface area contributed by atoms with Gasteiger partial charge in [0.1, 0.15) is 0 Å². The highest BCUT2D eigenvalue weighted by Gasteiger charge is 2.53. The fourth-order valence-corrected chi connectivity index (χ4v) is 1.69. The number of aromatic nitrogens is 1. The number of hydrogen-bond donors (Lipinski definition) is 2. The number of amides is 1. The standard InChI is InChI=1S/C12H14N2O4/c15-10(12(11(16)17)7-18-8-12)14-5-3-9-2-1-4-13-6-9/h1-2,4,6H,3,5,7-8H2,(H,14,15)(H,16,17). The number of pyridine rings is 1. The largest absolute Gasteiger partial charge is 0.480 e. The molecular formula is C12H14N2O4. The normalized spacial score (nSPS) is 16.7. The van der Waals surface area contributed by atoms with Crippen molar-refractivity contribution in [2.24, 2.45) is 5.41 Å². The van der Waals surface area contributed by atoms with Gasteiger partial charge in [0, 0.05) is 18.9 Å². The van der Waals surface area contributed by atoms with Crippen LogP contribution in [0.4, 0.5) is 0 Å². The van der Waals surface area contributed by atoms with Crippen LogP contribution in [0, 0.1) is 5.41 Å². The molecule has 6 heteroatoms. The maximum absolute atomic E-state index is 11.8. The van der Waals surface area contributed by atoms with Gasteiger partial charge in [-0.3, -0.25) is 14.6 Å². The van der Waals surface area contributed by atoms with Gasteiger partial charge in [0.15, 0.2) is 5.41 Å². The zero-order valence-electron chi connectivity index (χ0n) is 9.76. The Morgan fingerprint density at radius 3 is 2.78 bits per heavy atom.